The van der Waals surface area contributed by atoms with Crippen molar-refractivity contribution in [2.24, 2.45) is 0 Å². The average molecular weight is 280 g/mol. The highest BCUT2D eigenvalue weighted by molar-refractivity contribution is 9.10. The Morgan fingerprint density at radius 1 is 1.56 bits per heavy atom. The molecule has 1 rings (SSSR count). The molecule has 0 aliphatic heterocycles. The molecule has 0 aliphatic rings. The summed E-state index contributed by atoms with van der Waals surface area (Å²) in [6, 6.07) is 5.59. The summed E-state index contributed by atoms with van der Waals surface area (Å²) in [6.07, 6.45) is 6.64. The Labute approximate surface area is 105 Å². The zero-order chi connectivity index (χ0) is 12.0. The van der Waals surface area contributed by atoms with Gasteiger partial charge in [-0.25, -0.2) is 0 Å². The minimum atomic E-state index is -0.0455. The van der Waals surface area contributed by atoms with Crippen LogP contribution in [0, 0.1) is 19.3 Å². The Morgan fingerprint density at radius 3 is 3.00 bits per heavy atom. The molecular weight excluding hydrogens is 266 g/mol. The number of unbranched alkanes of at least 4 members (excludes halogenated alkanes) is 1. The SMILES string of the molecule is C#CCCCNC(=O)c1cccc(Br)c1C. The zero-order valence-electron chi connectivity index (χ0n) is 9.22. The minimum absolute atomic E-state index is 0.0455. The largest absolute Gasteiger partial charge is 0.352 e. The van der Waals surface area contributed by atoms with Crippen LogP contribution in [-0.2, 0) is 0 Å². The van der Waals surface area contributed by atoms with Crippen molar-refractivity contribution in [2.75, 3.05) is 6.54 Å². The topological polar surface area (TPSA) is 29.1 Å². The number of hydrogen-bond donors (Lipinski definition) is 1. The highest BCUT2D eigenvalue weighted by Gasteiger charge is 2.09. The first-order valence-electron chi connectivity index (χ1n) is 5.13. The van der Waals surface area contributed by atoms with Crippen LogP contribution in [-0.4, -0.2) is 12.5 Å². The van der Waals surface area contributed by atoms with Gasteiger partial charge in [-0.3, -0.25) is 4.79 Å². The van der Waals surface area contributed by atoms with Crippen molar-refractivity contribution in [2.45, 2.75) is 19.8 Å². The summed E-state index contributed by atoms with van der Waals surface area (Å²) >= 11 is 3.40. The lowest BCUT2D eigenvalue weighted by molar-refractivity contribution is 0.0952. The van der Waals surface area contributed by atoms with Gasteiger partial charge >= 0.3 is 0 Å². The Morgan fingerprint density at radius 2 is 2.31 bits per heavy atom. The van der Waals surface area contributed by atoms with Gasteiger partial charge in [-0.15, -0.1) is 12.3 Å². The third-order valence-electron chi connectivity index (χ3n) is 2.30. The molecule has 1 aromatic carbocycles. The quantitative estimate of drug-likeness (QED) is 0.667. The summed E-state index contributed by atoms with van der Waals surface area (Å²) < 4.78 is 0.948. The lowest BCUT2D eigenvalue weighted by Crippen LogP contribution is -2.25. The molecule has 0 radical (unpaired) electrons. The van der Waals surface area contributed by atoms with Crippen molar-refractivity contribution in [1.29, 1.82) is 0 Å². The fraction of sp³-hybridized carbons (Fsp3) is 0.308. The third-order valence-corrected chi connectivity index (χ3v) is 3.15. The fourth-order valence-electron chi connectivity index (χ4n) is 1.34. The second kappa shape index (κ2) is 6.34. The molecule has 0 heterocycles. The van der Waals surface area contributed by atoms with Crippen LogP contribution in [0.2, 0.25) is 0 Å². The van der Waals surface area contributed by atoms with Crippen molar-refractivity contribution in [3.05, 3.63) is 33.8 Å². The first-order valence-corrected chi connectivity index (χ1v) is 5.93. The van der Waals surface area contributed by atoms with E-state index in [-0.39, 0.29) is 5.91 Å². The monoisotopic (exact) mass is 279 g/mol. The number of hydrogen-bond acceptors (Lipinski definition) is 1. The van der Waals surface area contributed by atoms with Crippen molar-refractivity contribution >= 4 is 21.8 Å². The molecule has 0 aromatic heterocycles. The molecular formula is C13H14BrNO. The van der Waals surface area contributed by atoms with Gasteiger partial charge in [-0.2, -0.15) is 0 Å². The molecule has 0 atom stereocenters. The molecule has 3 heteroatoms. The highest BCUT2D eigenvalue weighted by atomic mass is 79.9. The molecule has 2 nitrogen and oxygen atoms in total. The van der Waals surface area contributed by atoms with E-state index < -0.39 is 0 Å². The lowest BCUT2D eigenvalue weighted by atomic mass is 10.1. The maximum atomic E-state index is 11.8. The Hall–Kier alpha value is -1.27. The molecule has 0 fully saturated rings. The maximum Gasteiger partial charge on any atom is 0.251 e. The van der Waals surface area contributed by atoms with Crippen molar-refractivity contribution in [1.82, 2.24) is 5.32 Å². The standard InChI is InChI=1S/C13H14BrNO/c1-3-4-5-9-15-13(16)11-7-6-8-12(14)10(11)2/h1,6-8H,4-5,9H2,2H3,(H,15,16). The number of carbonyl (C=O) groups is 1. The normalized spacial score (nSPS) is 9.56. The van der Waals surface area contributed by atoms with E-state index in [9.17, 15) is 4.79 Å². The van der Waals surface area contributed by atoms with Crippen LogP contribution in [0.1, 0.15) is 28.8 Å². The van der Waals surface area contributed by atoms with Gasteiger partial charge in [0.15, 0.2) is 0 Å². The average Bonchev–Trinajstić information content (AvgIpc) is 2.28. The molecule has 0 saturated carbocycles. The fourth-order valence-corrected chi connectivity index (χ4v) is 1.71. The molecule has 0 bridgehead atoms. The van der Waals surface area contributed by atoms with E-state index >= 15 is 0 Å². The summed E-state index contributed by atoms with van der Waals surface area (Å²) in [5.41, 5.74) is 1.66. The molecule has 84 valence electrons. The van der Waals surface area contributed by atoms with Gasteiger partial charge in [-0.1, -0.05) is 22.0 Å². The maximum absolute atomic E-state index is 11.8. The van der Waals surface area contributed by atoms with Crippen molar-refractivity contribution in [3.63, 3.8) is 0 Å². The zero-order valence-corrected chi connectivity index (χ0v) is 10.8. The highest BCUT2D eigenvalue weighted by Crippen LogP contribution is 2.19. The molecule has 0 saturated heterocycles. The van der Waals surface area contributed by atoms with Gasteiger partial charge in [0, 0.05) is 23.0 Å². The van der Waals surface area contributed by atoms with Gasteiger partial charge in [-0.05, 0) is 31.0 Å². The molecule has 16 heavy (non-hydrogen) atoms. The Bertz CT molecular complexity index is 420. The molecule has 1 N–H and O–H groups in total. The van der Waals surface area contributed by atoms with E-state index in [0.717, 1.165) is 16.5 Å². The predicted molar refractivity (Wildman–Crippen MR) is 69.3 cm³/mol. The molecule has 0 spiro atoms. The van der Waals surface area contributed by atoms with E-state index in [2.05, 4.69) is 27.2 Å². The van der Waals surface area contributed by atoms with E-state index in [0.29, 0.717) is 18.5 Å². The van der Waals surface area contributed by atoms with E-state index in [1.165, 1.54) is 0 Å². The molecule has 0 aliphatic carbocycles. The Balaban J connectivity index is 2.60. The van der Waals surface area contributed by atoms with Gasteiger partial charge in [0.1, 0.15) is 0 Å². The summed E-state index contributed by atoms with van der Waals surface area (Å²) in [6.45, 7) is 2.54. The van der Waals surface area contributed by atoms with Crippen LogP contribution in [0.5, 0.6) is 0 Å². The lowest BCUT2D eigenvalue weighted by Gasteiger charge is -2.08. The summed E-state index contributed by atoms with van der Waals surface area (Å²) in [5, 5.41) is 2.85. The second-order valence-electron chi connectivity index (χ2n) is 3.48. The number of amides is 1. The van der Waals surface area contributed by atoms with Crippen molar-refractivity contribution < 1.29 is 4.79 Å². The van der Waals surface area contributed by atoms with Crippen molar-refractivity contribution in [3.8, 4) is 12.3 Å². The number of terminal acetylenes is 1. The number of benzene rings is 1. The van der Waals surface area contributed by atoms with Crippen LogP contribution in [0.25, 0.3) is 0 Å². The molecule has 0 unspecified atom stereocenters. The number of nitrogens with one attached hydrogen (secondary N) is 1. The number of carbonyl (C=O) groups excluding carboxylic acids is 1. The predicted octanol–water partition coefficient (Wildman–Crippen LogP) is 2.90. The smallest absolute Gasteiger partial charge is 0.251 e. The first kappa shape index (κ1) is 12.8. The van der Waals surface area contributed by atoms with Gasteiger partial charge < -0.3 is 5.32 Å². The number of rotatable bonds is 4. The Kier molecular flexibility index (Phi) is 5.07. The first-order chi connectivity index (χ1) is 7.66. The third kappa shape index (κ3) is 3.39. The second-order valence-corrected chi connectivity index (χ2v) is 4.33. The van der Waals surface area contributed by atoms with E-state index in [1.807, 2.05) is 25.1 Å². The minimum Gasteiger partial charge on any atom is -0.352 e. The summed E-state index contributed by atoms with van der Waals surface area (Å²) in [4.78, 5) is 11.8. The van der Waals surface area contributed by atoms with Gasteiger partial charge in [0.05, 0.1) is 0 Å². The van der Waals surface area contributed by atoms with Gasteiger partial charge in [0.25, 0.3) is 5.91 Å². The number of halogens is 1. The van der Waals surface area contributed by atoms with Crippen LogP contribution in [0.15, 0.2) is 22.7 Å². The summed E-state index contributed by atoms with van der Waals surface area (Å²) in [7, 11) is 0. The van der Waals surface area contributed by atoms with E-state index in [4.69, 9.17) is 6.42 Å². The van der Waals surface area contributed by atoms with E-state index in [1.54, 1.807) is 0 Å². The molecule has 1 amide bonds. The summed E-state index contributed by atoms with van der Waals surface area (Å²) in [5.74, 6) is 2.50. The van der Waals surface area contributed by atoms with Crippen LogP contribution >= 0.6 is 15.9 Å². The molecule has 1 aromatic rings. The van der Waals surface area contributed by atoms with Gasteiger partial charge in [0.2, 0.25) is 0 Å². The van der Waals surface area contributed by atoms with Crippen LogP contribution < -0.4 is 5.32 Å². The van der Waals surface area contributed by atoms with Crippen LogP contribution in [0.3, 0.4) is 0 Å². The van der Waals surface area contributed by atoms with Crippen LogP contribution in [0.4, 0.5) is 0 Å².